The van der Waals surface area contributed by atoms with Crippen LogP contribution in [-0.4, -0.2) is 24.1 Å². The molecule has 0 saturated carbocycles. The van der Waals surface area contributed by atoms with Gasteiger partial charge in [0.05, 0.1) is 0 Å². The third-order valence-corrected chi connectivity index (χ3v) is 5.10. The standard InChI is InChI=1S/C16H33NS/c1-3-5-6-7-8-16(17-11-4-2)14-15-9-12-18-13-10-15/h15-17H,3-14H2,1-2H3. The van der Waals surface area contributed by atoms with E-state index in [9.17, 15) is 0 Å². The van der Waals surface area contributed by atoms with Gasteiger partial charge < -0.3 is 5.32 Å². The molecule has 0 amide bonds. The molecule has 1 saturated heterocycles. The largest absolute Gasteiger partial charge is 0.314 e. The SMILES string of the molecule is CCCCCCC(CC1CCSCC1)NCCC. The highest BCUT2D eigenvalue weighted by atomic mass is 32.2. The minimum atomic E-state index is 0.801. The van der Waals surface area contributed by atoms with Crippen molar-refractivity contribution in [3.8, 4) is 0 Å². The number of rotatable bonds is 10. The Kier molecular flexibility index (Phi) is 10.1. The Labute approximate surface area is 119 Å². The molecule has 1 atom stereocenters. The molecule has 1 heterocycles. The molecule has 0 aliphatic carbocycles. The predicted octanol–water partition coefficient (Wildman–Crippen LogP) is 4.86. The van der Waals surface area contributed by atoms with Crippen LogP contribution >= 0.6 is 11.8 Å². The summed E-state index contributed by atoms with van der Waals surface area (Å²) in [5.41, 5.74) is 0. The molecule has 1 fully saturated rings. The Bertz CT molecular complexity index is 178. The van der Waals surface area contributed by atoms with Crippen molar-refractivity contribution in [1.29, 1.82) is 0 Å². The van der Waals surface area contributed by atoms with E-state index in [-0.39, 0.29) is 0 Å². The van der Waals surface area contributed by atoms with E-state index < -0.39 is 0 Å². The van der Waals surface area contributed by atoms with E-state index in [0.29, 0.717) is 0 Å². The highest BCUT2D eigenvalue weighted by Crippen LogP contribution is 2.27. The molecule has 1 aliphatic rings. The van der Waals surface area contributed by atoms with Gasteiger partial charge in [-0.05, 0) is 56.1 Å². The summed E-state index contributed by atoms with van der Waals surface area (Å²) < 4.78 is 0. The van der Waals surface area contributed by atoms with Crippen LogP contribution in [0.3, 0.4) is 0 Å². The van der Waals surface area contributed by atoms with Gasteiger partial charge in [0.2, 0.25) is 0 Å². The van der Waals surface area contributed by atoms with Crippen molar-refractivity contribution in [2.45, 2.75) is 77.7 Å². The van der Waals surface area contributed by atoms with Crippen LogP contribution in [0.1, 0.15) is 71.6 Å². The van der Waals surface area contributed by atoms with E-state index >= 15 is 0 Å². The fourth-order valence-electron chi connectivity index (χ4n) is 2.85. The van der Waals surface area contributed by atoms with Crippen LogP contribution in [0, 0.1) is 5.92 Å². The van der Waals surface area contributed by atoms with Crippen LogP contribution in [0.2, 0.25) is 0 Å². The summed E-state index contributed by atoms with van der Waals surface area (Å²) in [5.74, 6) is 3.81. The Morgan fingerprint density at radius 3 is 2.50 bits per heavy atom. The molecular formula is C16H33NS. The smallest absolute Gasteiger partial charge is 0.00697 e. The molecule has 18 heavy (non-hydrogen) atoms. The first kappa shape index (κ1) is 16.4. The van der Waals surface area contributed by atoms with E-state index in [4.69, 9.17) is 0 Å². The second-order valence-electron chi connectivity index (χ2n) is 5.79. The van der Waals surface area contributed by atoms with Crippen molar-refractivity contribution in [2.24, 2.45) is 5.92 Å². The van der Waals surface area contributed by atoms with Gasteiger partial charge in [-0.2, -0.15) is 11.8 Å². The van der Waals surface area contributed by atoms with Crippen molar-refractivity contribution >= 4 is 11.8 Å². The summed E-state index contributed by atoms with van der Waals surface area (Å²) in [6.07, 6.45) is 12.7. The van der Waals surface area contributed by atoms with Gasteiger partial charge in [-0.1, -0.05) is 39.5 Å². The fraction of sp³-hybridized carbons (Fsp3) is 1.00. The first-order valence-corrected chi connectivity index (χ1v) is 9.33. The third-order valence-electron chi connectivity index (χ3n) is 4.05. The van der Waals surface area contributed by atoms with Crippen molar-refractivity contribution in [2.75, 3.05) is 18.1 Å². The molecule has 108 valence electrons. The summed E-state index contributed by atoms with van der Waals surface area (Å²) in [5, 5.41) is 3.79. The molecule has 2 heteroatoms. The minimum absolute atomic E-state index is 0.801. The van der Waals surface area contributed by atoms with Crippen LogP contribution in [0.4, 0.5) is 0 Å². The second kappa shape index (κ2) is 11.2. The van der Waals surface area contributed by atoms with Gasteiger partial charge in [0.25, 0.3) is 0 Å². The van der Waals surface area contributed by atoms with Crippen LogP contribution in [-0.2, 0) is 0 Å². The molecule has 1 aliphatic heterocycles. The van der Waals surface area contributed by atoms with Gasteiger partial charge >= 0.3 is 0 Å². The van der Waals surface area contributed by atoms with Crippen LogP contribution in [0.25, 0.3) is 0 Å². The maximum atomic E-state index is 3.79. The summed E-state index contributed by atoms with van der Waals surface area (Å²) >= 11 is 2.15. The Morgan fingerprint density at radius 2 is 1.83 bits per heavy atom. The van der Waals surface area contributed by atoms with Gasteiger partial charge in [-0.3, -0.25) is 0 Å². The number of unbranched alkanes of at least 4 members (excludes halogenated alkanes) is 3. The zero-order valence-electron chi connectivity index (χ0n) is 12.5. The van der Waals surface area contributed by atoms with Gasteiger partial charge in [0.1, 0.15) is 0 Å². The molecule has 0 spiro atoms. The van der Waals surface area contributed by atoms with Crippen LogP contribution in [0.15, 0.2) is 0 Å². The highest BCUT2D eigenvalue weighted by Gasteiger charge is 2.18. The quantitative estimate of drug-likeness (QED) is 0.570. The van der Waals surface area contributed by atoms with Crippen molar-refractivity contribution in [3.63, 3.8) is 0 Å². The van der Waals surface area contributed by atoms with E-state index in [2.05, 4.69) is 30.9 Å². The Morgan fingerprint density at radius 1 is 1.06 bits per heavy atom. The zero-order chi connectivity index (χ0) is 13.1. The maximum absolute atomic E-state index is 3.79. The van der Waals surface area contributed by atoms with Gasteiger partial charge in [-0.25, -0.2) is 0 Å². The van der Waals surface area contributed by atoms with Crippen LogP contribution in [0.5, 0.6) is 0 Å². The lowest BCUT2D eigenvalue weighted by molar-refractivity contribution is 0.343. The third kappa shape index (κ3) is 7.68. The Hall–Kier alpha value is 0.310. The number of thioether (sulfide) groups is 1. The average molecular weight is 272 g/mol. The minimum Gasteiger partial charge on any atom is -0.314 e. The molecule has 0 aromatic rings. The molecule has 0 bridgehead atoms. The average Bonchev–Trinajstić information content (AvgIpc) is 2.41. The lowest BCUT2D eigenvalue weighted by Gasteiger charge is -2.27. The van der Waals surface area contributed by atoms with Gasteiger partial charge in [0, 0.05) is 6.04 Å². The number of hydrogen-bond donors (Lipinski definition) is 1. The van der Waals surface area contributed by atoms with E-state index in [1.54, 1.807) is 0 Å². The highest BCUT2D eigenvalue weighted by molar-refractivity contribution is 7.99. The first-order valence-electron chi connectivity index (χ1n) is 8.18. The lowest BCUT2D eigenvalue weighted by Crippen LogP contribution is -2.32. The molecular weight excluding hydrogens is 238 g/mol. The Balaban J connectivity index is 2.20. The topological polar surface area (TPSA) is 12.0 Å². The zero-order valence-corrected chi connectivity index (χ0v) is 13.4. The molecule has 1 unspecified atom stereocenters. The normalized spacial score (nSPS) is 19.0. The second-order valence-corrected chi connectivity index (χ2v) is 7.02. The molecule has 0 aromatic carbocycles. The molecule has 1 N–H and O–H groups in total. The van der Waals surface area contributed by atoms with E-state index in [1.165, 1.54) is 75.8 Å². The first-order chi connectivity index (χ1) is 8.86. The summed E-state index contributed by atoms with van der Waals surface area (Å²) in [4.78, 5) is 0. The predicted molar refractivity (Wildman–Crippen MR) is 85.5 cm³/mol. The van der Waals surface area contributed by atoms with Crippen molar-refractivity contribution < 1.29 is 0 Å². The van der Waals surface area contributed by atoms with E-state index in [1.807, 2.05) is 0 Å². The molecule has 0 radical (unpaired) electrons. The van der Waals surface area contributed by atoms with E-state index in [0.717, 1.165) is 12.0 Å². The van der Waals surface area contributed by atoms with Crippen molar-refractivity contribution in [3.05, 3.63) is 0 Å². The number of hydrogen-bond acceptors (Lipinski definition) is 2. The lowest BCUT2D eigenvalue weighted by atomic mass is 9.91. The van der Waals surface area contributed by atoms with Crippen LogP contribution < -0.4 is 5.32 Å². The number of nitrogens with one attached hydrogen (secondary N) is 1. The fourth-order valence-corrected chi connectivity index (χ4v) is 4.06. The maximum Gasteiger partial charge on any atom is 0.00697 e. The van der Waals surface area contributed by atoms with Gasteiger partial charge in [-0.15, -0.1) is 0 Å². The van der Waals surface area contributed by atoms with Gasteiger partial charge in [0.15, 0.2) is 0 Å². The molecule has 1 nitrogen and oxygen atoms in total. The van der Waals surface area contributed by atoms with Crippen molar-refractivity contribution in [1.82, 2.24) is 5.32 Å². The summed E-state index contributed by atoms with van der Waals surface area (Å²) in [6, 6.07) is 0.801. The summed E-state index contributed by atoms with van der Waals surface area (Å²) in [7, 11) is 0. The molecule has 0 aromatic heterocycles. The molecule has 1 rings (SSSR count). The summed E-state index contributed by atoms with van der Waals surface area (Å²) in [6.45, 7) is 5.78. The monoisotopic (exact) mass is 271 g/mol.